The van der Waals surface area contributed by atoms with E-state index in [0.717, 1.165) is 31.4 Å². The van der Waals surface area contributed by atoms with E-state index >= 15 is 0 Å². The zero-order valence-electron chi connectivity index (χ0n) is 19.3. The van der Waals surface area contributed by atoms with E-state index in [9.17, 15) is 0 Å². The molecule has 1 unspecified atom stereocenters. The molecule has 0 radical (unpaired) electrons. The highest BCUT2D eigenvalue weighted by Crippen LogP contribution is 2.47. The van der Waals surface area contributed by atoms with Crippen LogP contribution in [0.2, 0.25) is 0 Å². The second kappa shape index (κ2) is 10.3. The predicted octanol–water partition coefficient (Wildman–Crippen LogP) is 6.55. The summed E-state index contributed by atoms with van der Waals surface area (Å²) in [6.45, 7) is 12.8. The molecule has 0 aromatic heterocycles. The van der Waals surface area contributed by atoms with Gasteiger partial charge in [-0.15, -0.1) is 0 Å². The molecule has 1 atom stereocenters. The Morgan fingerprint density at radius 2 is 1.68 bits per heavy atom. The van der Waals surface area contributed by atoms with Gasteiger partial charge in [-0.25, -0.2) is 0 Å². The Kier molecular flexibility index (Phi) is 8.27. The lowest BCUT2D eigenvalue weighted by atomic mass is 9.68. The predicted molar refractivity (Wildman–Crippen MR) is 118 cm³/mol. The first-order chi connectivity index (χ1) is 13.5. The standard InChI is InChI=1S/C25H47NO2/c1-5-24(3,4)21-15-17-25(18-16-21)27-20-23(28-25)14-10-11-19-26(6-2)22-12-8-7-9-13-22/h21-23H,5-20H2,1-4H3. The minimum absolute atomic E-state index is 0.234. The normalized spacial score (nSPS) is 32.5. The summed E-state index contributed by atoms with van der Waals surface area (Å²) >= 11 is 0. The van der Waals surface area contributed by atoms with Crippen molar-refractivity contribution in [3.05, 3.63) is 0 Å². The average molecular weight is 394 g/mol. The number of hydrogen-bond donors (Lipinski definition) is 0. The summed E-state index contributed by atoms with van der Waals surface area (Å²) < 4.78 is 12.7. The molecule has 164 valence electrons. The maximum absolute atomic E-state index is 6.50. The molecule has 3 fully saturated rings. The van der Waals surface area contributed by atoms with E-state index in [4.69, 9.17) is 9.47 Å². The average Bonchev–Trinajstić information content (AvgIpc) is 3.11. The van der Waals surface area contributed by atoms with E-state index < -0.39 is 0 Å². The van der Waals surface area contributed by atoms with Crippen molar-refractivity contribution in [1.82, 2.24) is 4.90 Å². The van der Waals surface area contributed by atoms with Crippen molar-refractivity contribution in [3.63, 3.8) is 0 Å². The zero-order valence-corrected chi connectivity index (χ0v) is 19.3. The molecule has 2 saturated carbocycles. The molecule has 3 nitrogen and oxygen atoms in total. The molecule has 3 aliphatic rings. The van der Waals surface area contributed by atoms with Crippen molar-refractivity contribution < 1.29 is 9.47 Å². The molecule has 0 aromatic rings. The van der Waals surface area contributed by atoms with Crippen molar-refractivity contribution in [2.45, 2.75) is 129 Å². The van der Waals surface area contributed by atoms with Gasteiger partial charge in [-0.05, 0) is 69.4 Å². The molecule has 1 heterocycles. The lowest BCUT2D eigenvalue weighted by Crippen LogP contribution is -2.39. The van der Waals surface area contributed by atoms with Crippen molar-refractivity contribution in [3.8, 4) is 0 Å². The number of ether oxygens (including phenoxy) is 2. The van der Waals surface area contributed by atoms with Crippen molar-refractivity contribution in [2.24, 2.45) is 11.3 Å². The number of nitrogens with zero attached hydrogens (tertiary/aromatic N) is 1. The van der Waals surface area contributed by atoms with Crippen LogP contribution in [0.4, 0.5) is 0 Å². The van der Waals surface area contributed by atoms with Gasteiger partial charge in [-0.3, -0.25) is 0 Å². The number of unbranched alkanes of at least 4 members (excludes halogenated alkanes) is 1. The summed E-state index contributed by atoms with van der Waals surface area (Å²) in [5.41, 5.74) is 0.461. The van der Waals surface area contributed by atoms with E-state index in [2.05, 4.69) is 32.6 Å². The van der Waals surface area contributed by atoms with Crippen LogP contribution in [0.1, 0.15) is 111 Å². The Bertz CT molecular complexity index is 449. The Balaban J connectivity index is 1.34. The Hall–Kier alpha value is -0.120. The maximum Gasteiger partial charge on any atom is 0.168 e. The van der Waals surface area contributed by atoms with E-state index in [1.165, 1.54) is 83.7 Å². The lowest BCUT2D eigenvalue weighted by Gasteiger charge is -2.42. The van der Waals surface area contributed by atoms with Gasteiger partial charge < -0.3 is 14.4 Å². The molecule has 2 aliphatic carbocycles. The monoisotopic (exact) mass is 393 g/mol. The Morgan fingerprint density at radius 1 is 0.964 bits per heavy atom. The van der Waals surface area contributed by atoms with Gasteiger partial charge in [0, 0.05) is 18.9 Å². The summed E-state index contributed by atoms with van der Waals surface area (Å²) in [6, 6.07) is 0.857. The third kappa shape index (κ3) is 5.73. The Morgan fingerprint density at radius 3 is 2.32 bits per heavy atom. The summed E-state index contributed by atoms with van der Waals surface area (Å²) in [6.07, 6.45) is 17.3. The van der Waals surface area contributed by atoms with Gasteiger partial charge in [0.25, 0.3) is 0 Å². The highest BCUT2D eigenvalue weighted by atomic mass is 16.7. The van der Waals surface area contributed by atoms with Crippen LogP contribution in [0.15, 0.2) is 0 Å². The molecule has 0 amide bonds. The molecule has 0 bridgehead atoms. The molecular formula is C25H47NO2. The summed E-state index contributed by atoms with van der Waals surface area (Å²) in [7, 11) is 0. The maximum atomic E-state index is 6.50. The minimum atomic E-state index is -0.234. The fourth-order valence-corrected chi connectivity index (χ4v) is 5.88. The first-order valence-corrected chi connectivity index (χ1v) is 12.5. The highest BCUT2D eigenvalue weighted by Gasteiger charge is 2.46. The van der Waals surface area contributed by atoms with Crippen LogP contribution in [0, 0.1) is 11.3 Å². The molecular weight excluding hydrogens is 346 g/mol. The quantitative estimate of drug-likeness (QED) is 0.415. The third-order valence-electron chi connectivity index (χ3n) is 8.40. The van der Waals surface area contributed by atoms with E-state index in [0.29, 0.717) is 11.5 Å². The van der Waals surface area contributed by atoms with Crippen LogP contribution in [-0.2, 0) is 9.47 Å². The van der Waals surface area contributed by atoms with Gasteiger partial charge in [0.1, 0.15) is 0 Å². The summed E-state index contributed by atoms with van der Waals surface area (Å²) in [4.78, 5) is 2.74. The van der Waals surface area contributed by atoms with Crippen LogP contribution >= 0.6 is 0 Å². The molecule has 0 N–H and O–H groups in total. The molecule has 0 aromatic carbocycles. The van der Waals surface area contributed by atoms with Gasteiger partial charge in [-0.2, -0.15) is 0 Å². The minimum Gasteiger partial charge on any atom is -0.347 e. The smallest absolute Gasteiger partial charge is 0.168 e. The topological polar surface area (TPSA) is 21.7 Å². The zero-order chi connectivity index (χ0) is 20.0. The van der Waals surface area contributed by atoms with Gasteiger partial charge >= 0.3 is 0 Å². The fourth-order valence-electron chi connectivity index (χ4n) is 5.88. The van der Waals surface area contributed by atoms with Crippen LogP contribution in [0.25, 0.3) is 0 Å². The van der Waals surface area contributed by atoms with E-state index in [1.54, 1.807) is 0 Å². The molecule has 1 saturated heterocycles. The van der Waals surface area contributed by atoms with Gasteiger partial charge in [0.15, 0.2) is 5.79 Å². The molecule has 3 rings (SSSR count). The second-order valence-corrected chi connectivity index (χ2v) is 10.5. The molecule has 3 heteroatoms. The van der Waals surface area contributed by atoms with E-state index in [1.807, 2.05) is 0 Å². The summed E-state index contributed by atoms with van der Waals surface area (Å²) in [5, 5.41) is 0. The molecule has 1 spiro atoms. The van der Waals surface area contributed by atoms with Crippen molar-refractivity contribution in [1.29, 1.82) is 0 Å². The molecule has 28 heavy (non-hydrogen) atoms. The van der Waals surface area contributed by atoms with Gasteiger partial charge in [0.2, 0.25) is 0 Å². The second-order valence-electron chi connectivity index (χ2n) is 10.5. The highest BCUT2D eigenvalue weighted by molar-refractivity contribution is 4.89. The van der Waals surface area contributed by atoms with Crippen LogP contribution in [0.3, 0.4) is 0 Å². The number of rotatable bonds is 9. The number of hydrogen-bond acceptors (Lipinski definition) is 3. The van der Waals surface area contributed by atoms with E-state index in [-0.39, 0.29) is 5.79 Å². The fraction of sp³-hybridized carbons (Fsp3) is 1.00. The van der Waals surface area contributed by atoms with Crippen LogP contribution in [-0.4, -0.2) is 42.5 Å². The summed E-state index contributed by atoms with van der Waals surface area (Å²) in [5.74, 6) is 0.594. The first kappa shape index (κ1) is 22.6. The Labute approximate surface area is 174 Å². The van der Waals surface area contributed by atoms with Crippen LogP contribution in [0.5, 0.6) is 0 Å². The van der Waals surface area contributed by atoms with Crippen LogP contribution < -0.4 is 0 Å². The van der Waals surface area contributed by atoms with Gasteiger partial charge in [0.05, 0.1) is 12.7 Å². The SMILES string of the molecule is CCN(CCCCC1COC2(CCC(C(C)(C)CC)CC2)O1)C1CCCCC1. The first-order valence-electron chi connectivity index (χ1n) is 12.5. The van der Waals surface area contributed by atoms with Crippen molar-refractivity contribution >= 4 is 0 Å². The largest absolute Gasteiger partial charge is 0.347 e. The molecule has 1 aliphatic heterocycles. The van der Waals surface area contributed by atoms with Gasteiger partial charge in [-0.1, -0.05) is 53.4 Å². The van der Waals surface area contributed by atoms with Crippen molar-refractivity contribution in [2.75, 3.05) is 19.7 Å². The lowest BCUT2D eigenvalue weighted by molar-refractivity contribution is -0.197. The third-order valence-corrected chi connectivity index (χ3v) is 8.40.